The van der Waals surface area contributed by atoms with Crippen LogP contribution in [0.4, 0.5) is 0 Å². The molecule has 5 heteroatoms. The highest BCUT2D eigenvalue weighted by atomic mass is 16.6. The summed E-state index contributed by atoms with van der Waals surface area (Å²) < 4.78 is 11.7. The molecule has 1 amide bonds. The molecule has 1 N–H and O–H groups in total. The van der Waals surface area contributed by atoms with E-state index in [0.29, 0.717) is 18.0 Å². The molecule has 0 spiro atoms. The number of nitrogens with one attached hydrogen (secondary N) is 1. The van der Waals surface area contributed by atoms with Crippen LogP contribution in [-0.4, -0.2) is 43.7 Å². The molecule has 3 atom stereocenters. The first kappa shape index (κ1) is 17.3. The molecule has 25 heavy (non-hydrogen) atoms. The van der Waals surface area contributed by atoms with Gasteiger partial charge in [0.1, 0.15) is 6.10 Å². The normalized spacial score (nSPS) is 20.2. The Balaban J connectivity index is 1.66. The second-order valence-electron chi connectivity index (χ2n) is 6.44. The van der Waals surface area contributed by atoms with Crippen LogP contribution >= 0.6 is 0 Å². The van der Waals surface area contributed by atoms with Crippen molar-refractivity contribution in [3.05, 3.63) is 60.2 Å². The number of rotatable bonds is 5. The minimum atomic E-state index is -0.659. The third-order valence-corrected chi connectivity index (χ3v) is 4.38. The standard InChI is InChI=1S/C20H24N2O3/c1-14-19(25-18-12-8-7-11-17(18)24-14)20(23)21-13-16(22(2)3)15-9-5-4-6-10-15/h4-12,14,16,19H,13H2,1-3H3,(H,21,23)/t14-,16+,19+/m0/s1. The van der Waals surface area contributed by atoms with E-state index >= 15 is 0 Å². The van der Waals surface area contributed by atoms with E-state index < -0.39 is 6.10 Å². The number of carbonyl (C=O) groups excluding carboxylic acids is 1. The average Bonchev–Trinajstić information content (AvgIpc) is 2.61. The molecule has 3 rings (SSSR count). The van der Waals surface area contributed by atoms with Gasteiger partial charge in [-0.1, -0.05) is 42.5 Å². The van der Waals surface area contributed by atoms with E-state index in [9.17, 15) is 4.79 Å². The summed E-state index contributed by atoms with van der Waals surface area (Å²) in [5.74, 6) is 1.12. The van der Waals surface area contributed by atoms with Crippen molar-refractivity contribution in [1.29, 1.82) is 0 Å². The Morgan fingerprint density at radius 2 is 1.64 bits per heavy atom. The summed E-state index contributed by atoms with van der Waals surface area (Å²) in [6.07, 6.45) is -1.00. The van der Waals surface area contributed by atoms with Crippen LogP contribution in [0.25, 0.3) is 0 Å². The van der Waals surface area contributed by atoms with Gasteiger partial charge in [0.2, 0.25) is 6.10 Å². The fourth-order valence-electron chi connectivity index (χ4n) is 2.98. The fourth-order valence-corrected chi connectivity index (χ4v) is 2.98. The fraction of sp³-hybridized carbons (Fsp3) is 0.350. The maximum Gasteiger partial charge on any atom is 0.265 e. The van der Waals surface area contributed by atoms with Crippen molar-refractivity contribution in [3.63, 3.8) is 0 Å². The molecule has 0 radical (unpaired) electrons. The lowest BCUT2D eigenvalue weighted by Crippen LogP contribution is -2.50. The zero-order chi connectivity index (χ0) is 17.8. The third-order valence-electron chi connectivity index (χ3n) is 4.38. The quantitative estimate of drug-likeness (QED) is 0.909. The number of amides is 1. The summed E-state index contributed by atoms with van der Waals surface area (Å²) in [4.78, 5) is 14.7. The SMILES string of the molecule is C[C@@H]1Oc2ccccc2O[C@H]1C(=O)NC[C@H](c1ccccc1)N(C)C. The molecule has 1 aliphatic heterocycles. The van der Waals surface area contributed by atoms with Crippen molar-refractivity contribution in [2.75, 3.05) is 20.6 Å². The molecule has 1 aliphatic rings. The van der Waals surface area contributed by atoms with Crippen LogP contribution in [0.5, 0.6) is 11.5 Å². The van der Waals surface area contributed by atoms with E-state index in [0.717, 1.165) is 5.56 Å². The van der Waals surface area contributed by atoms with Gasteiger partial charge in [-0.15, -0.1) is 0 Å². The third kappa shape index (κ3) is 3.94. The van der Waals surface area contributed by atoms with Gasteiger partial charge in [-0.2, -0.15) is 0 Å². The summed E-state index contributed by atoms with van der Waals surface area (Å²) in [5.41, 5.74) is 1.16. The molecule has 0 bridgehead atoms. The lowest BCUT2D eigenvalue weighted by Gasteiger charge is -2.32. The van der Waals surface area contributed by atoms with Crippen molar-refractivity contribution < 1.29 is 14.3 Å². The number of para-hydroxylation sites is 2. The van der Waals surface area contributed by atoms with Crippen molar-refractivity contribution in [2.45, 2.75) is 25.2 Å². The Morgan fingerprint density at radius 3 is 2.28 bits per heavy atom. The number of hydrogen-bond acceptors (Lipinski definition) is 4. The van der Waals surface area contributed by atoms with Gasteiger partial charge in [0.05, 0.1) is 6.04 Å². The molecular weight excluding hydrogens is 316 g/mol. The number of likely N-dealkylation sites (N-methyl/N-ethyl adjacent to an activating group) is 1. The van der Waals surface area contributed by atoms with Crippen LogP contribution in [0.1, 0.15) is 18.5 Å². The van der Waals surface area contributed by atoms with Crippen LogP contribution in [0.15, 0.2) is 54.6 Å². The molecule has 0 fully saturated rings. The zero-order valence-corrected chi connectivity index (χ0v) is 14.8. The number of ether oxygens (including phenoxy) is 2. The molecule has 1 heterocycles. The minimum absolute atomic E-state index is 0.0947. The predicted octanol–water partition coefficient (Wildman–Crippen LogP) is 2.63. The molecule has 0 unspecified atom stereocenters. The van der Waals surface area contributed by atoms with E-state index in [1.165, 1.54) is 0 Å². The lowest BCUT2D eigenvalue weighted by atomic mass is 10.1. The molecular formula is C20H24N2O3. The molecule has 0 aromatic heterocycles. The van der Waals surface area contributed by atoms with Gasteiger partial charge in [0.15, 0.2) is 11.5 Å². The first-order valence-corrected chi connectivity index (χ1v) is 8.47. The number of nitrogens with zero attached hydrogens (tertiary/aromatic N) is 1. The molecule has 2 aromatic carbocycles. The average molecular weight is 340 g/mol. The second kappa shape index (κ2) is 7.57. The predicted molar refractivity (Wildman–Crippen MR) is 96.8 cm³/mol. The summed E-state index contributed by atoms with van der Waals surface area (Å²) in [6, 6.07) is 17.6. The van der Waals surface area contributed by atoms with Crippen LogP contribution in [0.3, 0.4) is 0 Å². The summed E-state index contributed by atoms with van der Waals surface area (Å²) >= 11 is 0. The van der Waals surface area contributed by atoms with Gasteiger partial charge in [-0.3, -0.25) is 4.79 Å². The largest absolute Gasteiger partial charge is 0.482 e. The van der Waals surface area contributed by atoms with E-state index in [1.807, 2.05) is 63.5 Å². The zero-order valence-electron chi connectivity index (χ0n) is 14.8. The van der Waals surface area contributed by atoms with Gasteiger partial charge in [-0.05, 0) is 38.7 Å². The van der Waals surface area contributed by atoms with E-state index in [4.69, 9.17) is 9.47 Å². The number of fused-ring (bicyclic) bond motifs is 1. The van der Waals surface area contributed by atoms with Gasteiger partial charge >= 0.3 is 0 Å². The highest BCUT2D eigenvalue weighted by Gasteiger charge is 2.34. The number of benzene rings is 2. The van der Waals surface area contributed by atoms with Crippen molar-refractivity contribution in [3.8, 4) is 11.5 Å². The van der Waals surface area contributed by atoms with Crippen molar-refractivity contribution >= 4 is 5.91 Å². The van der Waals surface area contributed by atoms with Crippen LogP contribution in [0.2, 0.25) is 0 Å². The Morgan fingerprint density at radius 1 is 1.04 bits per heavy atom. The number of hydrogen-bond donors (Lipinski definition) is 1. The lowest BCUT2D eigenvalue weighted by molar-refractivity contribution is -0.133. The van der Waals surface area contributed by atoms with Gasteiger partial charge in [0.25, 0.3) is 5.91 Å². The van der Waals surface area contributed by atoms with E-state index in [-0.39, 0.29) is 18.1 Å². The maximum absolute atomic E-state index is 12.6. The topological polar surface area (TPSA) is 50.8 Å². The van der Waals surface area contributed by atoms with Gasteiger partial charge in [0, 0.05) is 6.54 Å². The molecule has 5 nitrogen and oxygen atoms in total. The Hall–Kier alpha value is -2.53. The van der Waals surface area contributed by atoms with Gasteiger partial charge < -0.3 is 19.7 Å². The van der Waals surface area contributed by atoms with Crippen molar-refractivity contribution in [2.24, 2.45) is 0 Å². The van der Waals surface area contributed by atoms with E-state index in [1.54, 1.807) is 0 Å². The van der Waals surface area contributed by atoms with Crippen LogP contribution < -0.4 is 14.8 Å². The molecule has 0 aliphatic carbocycles. The van der Waals surface area contributed by atoms with Gasteiger partial charge in [-0.25, -0.2) is 0 Å². The minimum Gasteiger partial charge on any atom is -0.482 e. The Bertz CT molecular complexity index is 718. The summed E-state index contributed by atoms with van der Waals surface area (Å²) in [7, 11) is 4.01. The Kier molecular flexibility index (Phi) is 5.24. The van der Waals surface area contributed by atoms with Crippen LogP contribution in [-0.2, 0) is 4.79 Å². The number of carbonyl (C=O) groups is 1. The van der Waals surface area contributed by atoms with Crippen LogP contribution in [0, 0.1) is 0 Å². The molecule has 0 saturated heterocycles. The highest BCUT2D eigenvalue weighted by molar-refractivity contribution is 5.82. The smallest absolute Gasteiger partial charge is 0.265 e. The summed E-state index contributed by atoms with van der Waals surface area (Å²) in [5, 5.41) is 3.01. The summed E-state index contributed by atoms with van der Waals surface area (Å²) in [6.45, 7) is 2.35. The highest BCUT2D eigenvalue weighted by Crippen LogP contribution is 2.33. The molecule has 0 saturated carbocycles. The molecule has 132 valence electrons. The first-order valence-electron chi connectivity index (χ1n) is 8.47. The maximum atomic E-state index is 12.6. The molecule has 2 aromatic rings. The second-order valence-corrected chi connectivity index (χ2v) is 6.44. The first-order chi connectivity index (χ1) is 12.1. The van der Waals surface area contributed by atoms with Crippen molar-refractivity contribution in [1.82, 2.24) is 10.2 Å². The Labute approximate surface area is 148 Å². The monoisotopic (exact) mass is 340 g/mol. The van der Waals surface area contributed by atoms with E-state index in [2.05, 4.69) is 22.3 Å².